The maximum absolute atomic E-state index is 14.3. The number of pyridine rings is 1. The van der Waals surface area contributed by atoms with Crippen molar-refractivity contribution < 1.29 is 41.2 Å². The molecule has 2 aromatic carbocycles. The molecule has 6 N–H and O–H groups in total. The number of hydrogen-bond acceptors (Lipinski definition) is 9. The lowest BCUT2D eigenvalue weighted by atomic mass is 9.95. The number of primary amides is 1. The van der Waals surface area contributed by atoms with Gasteiger partial charge in [-0.1, -0.05) is 17.7 Å². The predicted octanol–water partition coefficient (Wildman–Crippen LogP) is 2.01. The Labute approximate surface area is 250 Å². The highest BCUT2D eigenvalue weighted by Crippen LogP contribution is 2.36. The molecule has 1 unspecified atom stereocenters. The largest absolute Gasteiger partial charge is 0.485 e. The number of nitrogens with zero attached hydrogens (tertiary/aromatic N) is 3. The number of aliphatic hydroxyl groups is 1. The van der Waals surface area contributed by atoms with Crippen LogP contribution in [0.5, 0.6) is 5.75 Å². The molecular weight excluding hydrogens is 612 g/mol. The van der Waals surface area contributed by atoms with Gasteiger partial charge in [0.25, 0.3) is 10.1 Å². The van der Waals surface area contributed by atoms with Crippen molar-refractivity contribution in [3.05, 3.63) is 75.9 Å². The third kappa shape index (κ3) is 7.37. The smallest absolute Gasteiger partial charge is 0.273 e. The number of ether oxygens (including phenoxy) is 1. The third-order valence-corrected chi connectivity index (χ3v) is 8.56. The van der Waals surface area contributed by atoms with Gasteiger partial charge in [0.15, 0.2) is 11.6 Å². The van der Waals surface area contributed by atoms with Crippen molar-refractivity contribution in [3.8, 4) is 16.9 Å². The number of carbonyl (C=O) groups is 2. The van der Waals surface area contributed by atoms with Gasteiger partial charge in [0.2, 0.25) is 11.8 Å². The molecule has 3 aromatic rings. The number of nitrogens with two attached hydrogens (primary N) is 2. The van der Waals surface area contributed by atoms with E-state index in [0.29, 0.717) is 0 Å². The number of amides is 2. The van der Waals surface area contributed by atoms with Gasteiger partial charge in [-0.15, -0.1) is 0 Å². The zero-order chi connectivity index (χ0) is 31.5. The lowest BCUT2D eigenvalue weighted by molar-refractivity contribution is -0.135. The molecule has 0 spiro atoms. The van der Waals surface area contributed by atoms with E-state index < -0.39 is 57.1 Å². The van der Waals surface area contributed by atoms with Gasteiger partial charge in [-0.25, -0.2) is 13.8 Å². The molecule has 1 fully saturated rings. The quantitative estimate of drug-likeness (QED) is 0.189. The van der Waals surface area contributed by atoms with Crippen molar-refractivity contribution in [2.24, 2.45) is 5.73 Å². The van der Waals surface area contributed by atoms with Gasteiger partial charge in [0.05, 0.1) is 5.02 Å². The molecule has 1 saturated heterocycles. The number of benzene rings is 2. The first-order valence-corrected chi connectivity index (χ1v) is 14.7. The van der Waals surface area contributed by atoms with Gasteiger partial charge >= 0.3 is 0 Å². The Hall–Kier alpha value is -3.89. The Balaban J connectivity index is 1.70. The molecule has 2 heterocycles. The van der Waals surface area contributed by atoms with Crippen LogP contribution < -0.4 is 16.2 Å². The fourth-order valence-corrected chi connectivity index (χ4v) is 5.81. The molecule has 230 valence electrons. The van der Waals surface area contributed by atoms with Crippen molar-refractivity contribution >= 4 is 39.4 Å². The Kier molecular flexibility index (Phi) is 9.82. The average Bonchev–Trinajstić information content (AvgIpc) is 2.97. The summed E-state index contributed by atoms with van der Waals surface area (Å²) >= 11 is 5.89. The van der Waals surface area contributed by atoms with Gasteiger partial charge in [-0.05, 0) is 41.5 Å². The number of aliphatic hydroxyl groups excluding tert-OH is 1. The lowest BCUT2D eigenvalue weighted by Gasteiger charge is -2.36. The molecule has 0 bridgehead atoms. The molecule has 4 rings (SSSR count). The van der Waals surface area contributed by atoms with Crippen LogP contribution in [0.1, 0.15) is 26.7 Å². The normalized spacial score (nSPS) is 14.9. The molecule has 0 radical (unpaired) electrons. The molecule has 1 aliphatic heterocycles. The molecule has 0 saturated carbocycles. The number of rotatable bonds is 10. The average molecular weight is 640 g/mol. The van der Waals surface area contributed by atoms with E-state index in [1.807, 2.05) is 0 Å². The molecule has 0 aliphatic carbocycles. The summed E-state index contributed by atoms with van der Waals surface area (Å²) in [6, 6.07) is 7.10. The minimum atomic E-state index is -4.74. The van der Waals surface area contributed by atoms with Crippen LogP contribution in [0.15, 0.2) is 42.6 Å². The molecule has 16 heteroatoms. The van der Waals surface area contributed by atoms with Gasteiger partial charge in [-0.2, -0.15) is 8.42 Å². The van der Waals surface area contributed by atoms with E-state index in [0.717, 1.165) is 12.1 Å². The first-order valence-electron chi connectivity index (χ1n) is 12.8. The standard InChI is InChI=1S/C27H28ClF2N5O7S/c28-25-19(20(29)3-4-21(25)30)14-42-22-10-16(11-33-26(22)31)18-9-15(27(32)38)1-2-17(18)23(43(39,40)41)12-34-5-7-35(8-6-34)24(37)13-36/h1-4,9-11,23,36H,5-8,12-14H2,(H2,31,33)(H2,32,38)(H,39,40,41). The Bertz CT molecular complexity index is 1650. The SMILES string of the molecule is NC(=O)c1ccc(C(CN2CCN(C(=O)CO)CC2)S(=O)(=O)O)c(-c2cnc(N)c(OCc3c(F)ccc(F)c3Cl)c2)c1. The van der Waals surface area contributed by atoms with Gasteiger partial charge in [-0.3, -0.25) is 19.0 Å². The highest BCUT2D eigenvalue weighted by Gasteiger charge is 2.32. The number of piperazine rings is 1. The fraction of sp³-hybridized carbons (Fsp3) is 0.296. The predicted molar refractivity (Wildman–Crippen MR) is 153 cm³/mol. The van der Waals surface area contributed by atoms with E-state index in [9.17, 15) is 31.3 Å². The Morgan fingerprint density at radius 3 is 2.40 bits per heavy atom. The van der Waals surface area contributed by atoms with Crippen LogP contribution in [0, 0.1) is 11.6 Å². The third-order valence-electron chi connectivity index (χ3n) is 7.03. The minimum Gasteiger partial charge on any atom is -0.485 e. The van der Waals surface area contributed by atoms with E-state index in [-0.39, 0.29) is 72.1 Å². The van der Waals surface area contributed by atoms with Crippen LogP contribution in [-0.4, -0.2) is 84.0 Å². The zero-order valence-corrected chi connectivity index (χ0v) is 24.1. The van der Waals surface area contributed by atoms with Crippen LogP contribution >= 0.6 is 11.6 Å². The number of anilines is 1. The van der Waals surface area contributed by atoms with Gasteiger partial charge in [0, 0.05) is 55.6 Å². The van der Waals surface area contributed by atoms with E-state index >= 15 is 0 Å². The van der Waals surface area contributed by atoms with Crippen molar-refractivity contribution in [3.63, 3.8) is 0 Å². The second kappa shape index (κ2) is 13.2. The molecule has 43 heavy (non-hydrogen) atoms. The van der Waals surface area contributed by atoms with Crippen LogP contribution in [-0.2, 0) is 21.5 Å². The van der Waals surface area contributed by atoms with Gasteiger partial charge < -0.3 is 26.2 Å². The number of hydrogen-bond donors (Lipinski definition) is 4. The molecule has 12 nitrogen and oxygen atoms in total. The molecule has 1 atom stereocenters. The van der Waals surface area contributed by atoms with E-state index in [1.165, 1.54) is 35.4 Å². The summed E-state index contributed by atoms with van der Waals surface area (Å²) in [4.78, 5) is 31.1. The number of nitrogen functional groups attached to an aromatic ring is 1. The van der Waals surface area contributed by atoms with Crippen molar-refractivity contribution in [2.45, 2.75) is 11.9 Å². The molecule has 1 aromatic heterocycles. The summed E-state index contributed by atoms with van der Waals surface area (Å²) in [6.07, 6.45) is 1.28. The lowest BCUT2D eigenvalue weighted by Crippen LogP contribution is -2.50. The highest BCUT2D eigenvalue weighted by atomic mass is 35.5. The van der Waals surface area contributed by atoms with Gasteiger partial charge in [0.1, 0.15) is 30.1 Å². The van der Waals surface area contributed by atoms with E-state index in [1.54, 1.807) is 4.90 Å². The van der Waals surface area contributed by atoms with Crippen molar-refractivity contribution in [2.75, 3.05) is 45.1 Å². The second-order valence-corrected chi connectivity index (χ2v) is 11.7. The van der Waals surface area contributed by atoms with E-state index in [4.69, 9.17) is 32.9 Å². The molecule has 1 aliphatic rings. The Morgan fingerprint density at radius 1 is 1.09 bits per heavy atom. The maximum Gasteiger partial charge on any atom is 0.273 e. The van der Waals surface area contributed by atoms with Crippen molar-refractivity contribution in [1.82, 2.24) is 14.8 Å². The Morgan fingerprint density at radius 2 is 1.77 bits per heavy atom. The summed E-state index contributed by atoms with van der Waals surface area (Å²) in [7, 11) is -4.74. The fourth-order valence-electron chi connectivity index (χ4n) is 4.68. The van der Waals surface area contributed by atoms with Crippen LogP contribution in [0.3, 0.4) is 0 Å². The molecule has 2 amide bonds. The summed E-state index contributed by atoms with van der Waals surface area (Å²) in [6.45, 7) is -0.321. The number of aromatic nitrogens is 1. The summed E-state index contributed by atoms with van der Waals surface area (Å²) in [5, 5.41) is 7.12. The summed E-state index contributed by atoms with van der Waals surface area (Å²) < 4.78 is 69.5. The van der Waals surface area contributed by atoms with Crippen LogP contribution in [0.25, 0.3) is 11.1 Å². The van der Waals surface area contributed by atoms with Crippen molar-refractivity contribution in [1.29, 1.82) is 0 Å². The van der Waals surface area contributed by atoms with E-state index in [2.05, 4.69) is 4.98 Å². The highest BCUT2D eigenvalue weighted by molar-refractivity contribution is 7.86. The summed E-state index contributed by atoms with van der Waals surface area (Å²) in [5.41, 5.74) is 11.6. The van der Waals surface area contributed by atoms with Crippen LogP contribution in [0.4, 0.5) is 14.6 Å². The zero-order valence-electron chi connectivity index (χ0n) is 22.5. The summed E-state index contributed by atoms with van der Waals surface area (Å²) in [5.74, 6) is -3.15. The minimum absolute atomic E-state index is 0.0249. The monoisotopic (exact) mass is 639 g/mol. The van der Waals surface area contributed by atoms with Crippen LogP contribution in [0.2, 0.25) is 5.02 Å². The number of halogens is 3. The first-order chi connectivity index (χ1) is 20.3. The topological polar surface area (TPSA) is 189 Å². The molecular formula is C27H28ClF2N5O7S. The second-order valence-electron chi connectivity index (χ2n) is 9.73. The first kappa shape index (κ1) is 32.0. The number of carbonyl (C=O) groups excluding carboxylic acids is 2. The maximum atomic E-state index is 14.3.